The Balaban J connectivity index is 2.47. The minimum atomic E-state index is 0.522. The van der Waals surface area contributed by atoms with E-state index >= 15 is 0 Å². The van der Waals surface area contributed by atoms with Gasteiger partial charge in [-0.15, -0.1) is 0 Å². The molecule has 0 N–H and O–H groups in total. The third kappa shape index (κ3) is 1.84. The van der Waals surface area contributed by atoms with Crippen molar-refractivity contribution in [2.24, 2.45) is 0 Å². The Kier molecular flexibility index (Phi) is 2.77. The second kappa shape index (κ2) is 4.23. The summed E-state index contributed by atoms with van der Waals surface area (Å²) in [4.78, 5) is 10.9. The van der Waals surface area contributed by atoms with Gasteiger partial charge in [-0.05, 0) is 37.3 Å². The molecule has 0 aliphatic rings. The molecule has 0 amide bonds. The van der Waals surface area contributed by atoms with Crippen LogP contribution < -0.4 is 4.74 Å². The fourth-order valence-corrected chi connectivity index (χ4v) is 1.57. The molecule has 2 aromatic rings. The Hall–Kier alpha value is -2.03. The summed E-state index contributed by atoms with van der Waals surface area (Å²) in [7, 11) is 1.54. The number of aldehydes is 1. The molecule has 82 valence electrons. The van der Waals surface area contributed by atoms with Gasteiger partial charge < -0.3 is 9.15 Å². The monoisotopic (exact) mass is 216 g/mol. The molecule has 1 heterocycles. The topological polar surface area (TPSA) is 39.4 Å². The number of aryl methyl sites for hydroxylation is 1. The van der Waals surface area contributed by atoms with E-state index in [4.69, 9.17) is 9.15 Å². The molecule has 0 atom stereocenters. The number of methoxy groups -OCH3 is 1. The molecular formula is C13H12O3. The quantitative estimate of drug-likeness (QED) is 0.740. The highest BCUT2D eigenvalue weighted by Gasteiger charge is 2.07. The maximum atomic E-state index is 10.9. The lowest BCUT2D eigenvalue weighted by atomic mass is 10.1. The Labute approximate surface area is 93.7 Å². The molecule has 0 saturated carbocycles. The van der Waals surface area contributed by atoms with Crippen LogP contribution in [0.25, 0.3) is 11.3 Å². The van der Waals surface area contributed by atoms with Gasteiger partial charge in [0.2, 0.25) is 0 Å². The summed E-state index contributed by atoms with van der Waals surface area (Å²) in [6, 6.07) is 9.15. The van der Waals surface area contributed by atoms with Crippen LogP contribution in [0.1, 0.15) is 16.1 Å². The van der Waals surface area contributed by atoms with Crippen LogP contribution in [0.3, 0.4) is 0 Å². The zero-order valence-corrected chi connectivity index (χ0v) is 9.19. The maximum Gasteiger partial charge on any atom is 0.153 e. The fourth-order valence-electron chi connectivity index (χ4n) is 1.57. The van der Waals surface area contributed by atoms with Crippen LogP contribution in [0.4, 0.5) is 0 Å². The summed E-state index contributed by atoms with van der Waals surface area (Å²) in [5, 5.41) is 0. The molecule has 3 nitrogen and oxygen atoms in total. The predicted molar refractivity (Wildman–Crippen MR) is 60.8 cm³/mol. The standard InChI is InChI=1S/C13H12O3/c1-9-3-5-13(16-9)10-4-6-12(15-2)11(7-10)8-14/h3-8H,1-2H3. The maximum absolute atomic E-state index is 10.9. The molecule has 2 rings (SSSR count). The van der Waals surface area contributed by atoms with E-state index in [0.717, 1.165) is 23.4 Å². The SMILES string of the molecule is COc1ccc(-c2ccc(C)o2)cc1C=O. The van der Waals surface area contributed by atoms with Gasteiger partial charge in [-0.25, -0.2) is 0 Å². The van der Waals surface area contributed by atoms with Crippen LogP contribution in [0, 0.1) is 6.92 Å². The molecule has 0 aliphatic carbocycles. The first-order valence-electron chi connectivity index (χ1n) is 4.94. The summed E-state index contributed by atoms with van der Waals surface area (Å²) < 4.78 is 10.6. The van der Waals surface area contributed by atoms with E-state index in [9.17, 15) is 4.79 Å². The van der Waals surface area contributed by atoms with Crippen LogP contribution in [0.5, 0.6) is 5.75 Å². The molecule has 1 aromatic heterocycles. The molecule has 3 heteroatoms. The van der Waals surface area contributed by atoms with E-state index in [-0.39, 0.29) is 0 Å². The average molecular weight is 216 g/mol. The molecule has 1 aromatic carbocycles. The number of hydrogen-bond donors (Lipinski definition) is 0. The van der Waals surface area contributed by atoms with Crippen molar-refractivity contribution in [2.45, 2.75) is 6.92 Å². The van der Waals surface area contributed by atoms with Gasteiger partial charge in [-0.1, -0.05) is 0 Å². The molecule has 0 radical (unpaired) electrons. The molecule has 0 fully saturated rings. The Morgan fingerprint density at radius 3 is 2.62 bits per heavy atom. The van der Waals surface area contributed by atoms with Crippen LogP contribution in [-0.2, 0) is 0 Å². The first-order valence-corrected chi connectivity index (χ1v) is 4.94. The number of carbonyl (C=O) groups is 1. The lowest BCUT2D eigenvalue weighted by molar-refractivity contribution is 0.112. The number of rotatable bonds is 3. The van der Waals surface area contributed by atoms with Crippen LogP contribution in [0.15, 0.2) is 34.7 Å². The minimum absolute atomic E-state index is 0.522. The van der Waals surface area contributed by atoms with Crippen molar-refractivity contribution in [1.29, 1.82) is 0 Å². The summed E-state index contributed by atoms with van der Waals surface area (Å²) in [5.74, 6) is 2.17. The fraction of sp³-hybridized carbons (Fsp3) is 0.154. The van der Waals surface area contributed by atoms with Crippen LogP contribution >= 0.6 is 0 Å². The molecule has 16 heavy (non-hydrogen) atoms. The van der Waals surface area contributed by atoms with Gasteiger partial charge in [0, 0.05) is 5.56 Å². The van der Waals surface area contributed by atoms with Crippen molar-refractivity contribution >= 4 is 6.29 Å². The third-order valence-electron chi connectivity index (χ3n) is 2.38. The number of hydrogen-bond acceptors (Lipinski definition) is 3. The van der Waals surface area contributed by atoms with E-state index in [1.807, 2.05) is 25.1 Å². The zero-order chi connectivity index (χ0) is 11.5. The van der Waals surface area contributed by atoms with Crippen molar-refractivity contribution in [3.63, 3.8) is 0 Å². The van der Waals surface area contributed by atoms with E-state index in [2.05, 4.69) is 0 Å². The first-order chi connectivity index (χ1) is 7.74. The number of benzene rings is 1. The Morgan fingerprint density at radius 1 is 1.25 bits per heavy atom. The van der Waals surface area contributed by atoms with Gasteiger partial charge in [0.1, 0.15) is 17.3 Å². The summed E-state index contributed by atoms with van der Waals surface area (Å²) >= 11 is 0. The number of ether oxygens (including phenoxy) is 1. The van der Waals surface area contributed by atoms with Crippen molar-refractivity contribution in [2.75, 3.05) is 7.11 Å². The molecule has 0 spiro atoms. The largest absolute Gasteiger partial charge is 0.496 e. The normalized spacial score (nSPS) is 10.1. The Bertz CT molecular complexity index is 512. The Morgan fingerprint density at radius 2 is 2.06 bits per heavy atom. The zero-order valence-electron chi connectivity index (χ0n) is 9.19. The second-order valence-corrected chi connectivity index (χ2v) is 3.48. The average Bonchev–Trinajstić information content (AvgIpc) is 2.75. The van der Waals surface area contributed by atoms with Crippen molar-refractivity contribution in [1.82, 2.24) is 0 Å². The molecule has 0 unspecified atom stereocenters. The molecule has 0 bridgehead atoms. The number of furan rings is 1. The van der Waals surface area contributed by atoms with Gasteiger partial charge in [0.15, 0.2) is 6.29 Å². The van der Waals surface area contributed by atoms with E-state index in [1.54, 1.807) is 19.2 Å². The molecule has 0 saturated heterocycles. The highest BCUT2D eigenvalue weighted by atomic mass is 16.5. The first kappa shape index (κ1) is 10.5. The van der Waals surface area contributed by atoms with Gasteiger partial charge in [0.25, 0.3) is 0 Å². The van der Waals surface area contributed by atoms with E-state index < -0.39 is 0 Å². The highest BCUT2D eigenvalue weighted by molar-refractivity contribution is 5.82. The minimum Gasteiger partial charge on any atom is -0.496 e. The van der Waals surface area contributed by atoms with E-state index in [1.165, 1.54) is 0 Å². The lowest BCUT2D eigenvalue weighted by Crippen LogP contribution is -1.90. The second-order valence-electron chi connectivity index (χ2n) is 3.48. The van der Waals surface area contributed by atoms with Crippen LogP contribution in [-0.4, -0.2) is 13.4 Å². The summed E-state index contributed by atoms with van der Waals surface area (Å²) in [6.45, 7) is 1.88. The van der Waals surface area contributed by atoms with Crippen molar-refractivity contribution in [3.05, 3.63) is 41.7 Å². The van der Waals surface area contributed by atoms with Gasteiger partial charge in [0.05, 0.1) is 12.7 Å². The van der Waals surface area contributed by atoms with Crippen molar-refractivity contribution < 1.29 is 13.9 Å². The van der Waals surface area contributed by atoms with Gasteiger partial charge in [-0.2, -0.15) is 0 Å². The summed E-state index contributed by atoms with van der Waals surface area (Å²) in [5.41, 5.74) is 1.39. The van der Waals surface area contributed by atoms with Crippen LogP contribution in [0.2, 0.25) is 0 Å². The highest BCUT2D eigenvalue weighted by Crippen LogP contribution is 2.26. The molecule has 0 aliphatic heterocycles. The van der Waals surface area contributed by atoms with Gasteiger partial charge in [-0.3, -0.25) is 4.79 Å². The van der Waals surface area contributed by atoms with Gasteiger partial charge >= 0.3 is 0 Å². The summed E-state index contributed by atoms with van der Waals surface area (Å²) in [6.07, 6.45) is 0.776. The smallest absolute Gasteiger partial charge is 0.153 e. The van der Waals surface area contributed by atoms with Crippen molar-refractivity contribution in [3.8, 4) is 17.1 Å². The third-order valence-corrected chi connectivity index (χ3v) is 2.38. The predicted octanol–water partition coefficient (Wildman–Crippen LogP) is 3.08. The lowest BCUT2D eigenvalue weighted by Gasteiger charge is -2.04. The van der Waals surface area contributed by atoms with E-state index in [0.29, 0.717) is 11.3 Å². The number of carbonyl (C=O) groups excluding carboxylic acids is 1. The molecular weight excluding hydrogens is 204 g/mol.